The quantitative estimate of drug-likeness (QED) is 0.645. The van der Waals surface area contributed by atoms with Crippen molar-refractivity contribution in [3.63, 3.8) is 0 Å². The van der Waals surface area contributed by atoms with Crippen molar-refractivity contribution in [1.29, 1.82) is 0 Å². The topological polar surface area (TPSA) is 24.8 Å². The third kappa shape index (κ3) is 3.48. The number of hydrogen-bond acceptors (Lipinski definition) is 3. The molecule has 1 atom stereocenters. The number of hydrogen-bond donors (Lipinski definition) is 0. The largest absolute Gasteiger partial charge is 0.497 e. The van der Waals surface area contributed by atoms with Gasteiger partial charge in [0.1, 0.15) is 5.75 Å². The van der Waals surface area contributed by atoms with Gasteiger partial charge in [0.25, 0.3) is 0 Å². The van der Waals surface area contributed by atoms with Gasteiger partial charge in [0.2, 0.25) is 0 Å². The molecule has 3 nitrogen and oxygen atoms in total. The van der Waals surface area contributed by atoms with Crippen LogP contribution in [0.5, 0.6) is 5.75 Å². The molecule has 26 heavy (non-hydrogen) atoms. The van der Waals surface area contributed by atoms with Crippen molar-refractivity contribution in [2.75, 3.05) is 18.6 Å². The second kappa shape index (κ2) is 7.14. The average molecular weight is 351 g/mol. The summed E-state index contributed by atoms with van der Waals surface area (Å²) in [4.78, 5) is 7.20. The number of benzene rings is 2. The van der Waals surface area contributed by atoms with E-state index in [0.29, 0.717) is 5.92 Å². The molecule has 0 radical (unpaired) electrons. The summed E-state index contributed by atoms with van der Waals surface area (Å²) in [6, 6.07) is 12.5. The predicted molar refractivity (Wildman–Crippen MR) is 112 cm³/mol. The number of ether oxygens (including phenoxy) is 1. The second-order valence-electron chi connectivity index (χ2n) is 7.89. The fourth-order valence-corrected chi connectivity index (χ4v) is 4.20. The monoisotopic (exact) mass is 350 g/mol. The minimum Gasteiger partial charge on any atom is -0.497 e. The van der Waals surface area contributed by atoms with Crippen molar-refractivity contribution in [3.05, 3.63) is 53.1 Å². The van der Waals surface area contributed by atoms with Crippen LogP contribution in [-0.4, -0.2) is 25.4 Å². The summed E-state index contributed by atoms with van der Waals surface area (Å²) in [5.74, 6) is 1.40. The van der Waals surface area contributed by atoms with Crippen LogP contribution in [0.4, 0.5) is 11.4 Å². The Labute approximate surface area is 157 Å². The van der Waals surface area contributed by atoms with Crippen LogP contribution in [0.2, 0.25) is 0 Å². The highest BCUT2D eigenvalue weighted by Crippen LogP contribution is 2.44. The maximum atomic E-state index is 5.21. The van der Waals surface area contributed by atoms with Crippen LogP contribution in [0.1, 0.15) is 56.7 Å². The first-order valence-corrected chi connectivity index (χ1v) is 9.46. The molecule has 0 amide bonds. The molecule has 1 aliphatic heterocycles. The molecule has 3 rings (SSSR count). The zero-order valence-corrected chi connectivity index (χ0v) is 16.8. The fraction of sp³-hybridized carbons (Fsp3) is 0.435. The minimum atomic E-state index is 0.201. The van der Waals surface area contributed by atoms with Crippen molar-refractivity contribution in [3.8, 4) is 5.75 Å². The van der Waals surface area contributed by atoms with E-state index < -0.39 is 0 Å². The summed E-state index contributed by atoms with van der Waals surface area (Å²) in [6.45, 7) is 12.5. The Hall–Kier alpha value is -2.29. The van der Waals surface area contributed by atoms with Gasteiger partial charge in [-0.15, -0.1) is 0 Å². The third-order valence-corrected chi connectivity index (χ3v) is 5.51. The Balaban J connectivity index is 1.95. The van der Waals surface area contributed by atoms with E-state index in [1.807, 2.05) is 30.5 Å². The van der Waals surface area contributed by atoms with Crippen molar-refractivity contribution < 1.29 is 4.74 Å². The van der Waals surface area contributed by atoms with Gasteiger partial charge in [0, 0.05) is 24.0 Å². The zero-order valence-electron chi connectivity index (χ0n) is 16.8. The fourth-order valence-electron chi connectivity index (χ4n) is 4.20. The van der Waals surface area contributed by atoms with Gasteiger partial charge < -0.3 is 9.64 Å². The zero-order chi connectivity index (χ0) is 18.9. The molecule has 0 spiro atoms. The number of nitrogens with zero attached hydrogens (tertiary/aromatic N) is 2. The van der Waals surface area contributed by atoms with E-state index in [0.717, 1.165) is 18.0 Å². The van der Waals surface area contributed by atoms with E-state index >= 15 is 0 Å². The summed E-state index contributed by atoms with van der Waals surface area (Å²) >= 11 is 0. The Kier molecular flexibility index (Phi) is 5.08. The minimum absolute atomic E-state index is 0.201. The van der Waals surface area contributed by atoms with Crippen LogP contribution in [0, 0.1) is 6.92 Å². The highest BCUT2D eigenvalue weighted by Gasteiger charge is 2.35. The van der Waals surface area contributed by atoms with Gasteiger partial charge in [-0.3, -0.25) is 4.99 Å². The molecule has 1 heterocycles. The molecular formula is C23H30N2O. The molecule has 0 aliphatic carbocycles. The van der Waals surface area contributed by atoms with Gasteiger partial charge in [-0.05, 0) is 93.1 Å². The molecule has 0 saturated carbocycles. The second-order valence-corrected chi connectivity index (χ2v) is 7.89. The molecule has 0 N–H and O–H groups in total. The number of aryl methyl sites for hydroxylation is 1. The molecular weight excluding hydrogens is 320 g/mol. The first-order chi connectivity index (χ1) is 12.4. The number of anilines is 1. The highest BCUT2D eigenvalue weighted by atomic mass is 16.5. The maximum Gasteiger partial charge on any atom is 0.119 e. The number of methoxy groups -OCH3 is 1. The first-order valence-electron chi connectivity index (χ1n) is 9.46. The lowest BCUT2D eigenvalue weighted by Crippen LogP contribution is -2.48. The van der Waals surface area contributed by atoms with Crippen molar-refractivity contribution >= 4 is 17.6 Å². The normalized spacial score (nSPS) is 18.8. The van der Waals surface area contributed by atoms with Crippen LogP contribution >= 0.6 is 0 Å². The van der Waals surface area contributed by atoms with Gasteiger partial charge in [0.05, 0.1) is 12.8 Å². The maximum absolute atomic E-state index is 5.21. The van der Waals surface area contributed by atoms with E-state index in [2.05, 4.69) is 56.6 Å². The van der Waals surface area contributed by atoms with Gasteiger partial charge >= 0.3 is 0 Å². The van der Waals surface area contributed by atoms with E-state index in [9.17, 15) is 0 Å². The summed E-state index contributed by atoms with van der Waals surface area (Å²) in [5, 5.41) is 0. The molecule has 0 bridgehead atoms. The van der Waals surface area contributed by atoms with E-state index in [4.69, 9.17) is 4.74 Å². The molecule has 0 aromatic heterocycles. The third-order valence-electron chi connectivity index (χ3n) is 5.51. The summed E-state index contributed by atoms with van der Waals surface area (Å²) < 4.78 is 5.21. The molecule has 0 unspecified atom stereocenters. The molecule has 0 saturated heterocycles. The number of rotatable bonds is 4. The Morgan fingerprint density at radius 2 is 1.92 bits per heavy atom. The van der Waals surface area contributed by atoms with Crippen LogP contribution in [-0.2, 0) is 0 Å². The predicted octanol–water partition coefficient (Wildman–Crippen LogP) is 5.87. The van der Waals surface area contributed by atoms with Crippen LogP contribution in [0.3, 0.4) is 0 Å². The first kappa shape index (κ1) is 18.5. The molecule has 2 aromatic carbocycles. The van der Waals surface area contributed by atoms with E-state index in [1.54, 1.807) is 7.11 Å². The van der Waals surface area contributed by atoms with E-state index in [-0.39, 0.29) is 5.54 Å². The lowest BCUT2D eigenvalue weighted by atomic mass is 9.79. The molecule has 3 heteroatoms. The van der Waals surface area contributed by atoms with E-state index in [1.165, 1.54) is 28.8 Å². The molecule has 2 aromatic rings. The Bertz CT molecular complexity index is 806. The molecule has 138 valence electrons. The van der Waals surface area contributed by atoms with Crippen LogP contribution < -0.4 is 9.64 Å². The summed E-state index contributed by atoms with van der Waals surface area (Å²) in [7, 11) is 1.68. The Morgan fingerprint density at radius 3 is 2.54 bits per heavy atom. The van der Waals surface area contributed by atoms with Gasteiger partial charge in [-0.2, -0.15) is 0 Å². The lowest BCUT2D eigenvalue weighted by molar-refractivity contribution is 0.381. The van der Waals surface area contributed by atoms with Crippen molar-refractivity contribution in [1.82, 2.24) is 0 Å². The SMILES string of the molecule is CCN1c2cc(C)c(C=Nc3ccc(OC)cc3)cc2[C@H](C)CC1(C)C. The Morgan fingerprint density at radius 1 is 1.23 bits per heavy atom. The van der Waals surface area contributed by atoms with Crippen molar-refractivity contribution in [2.45, 2.75) is 52.5 Å². The molecule has 1 aliphatic rings. The van der Waals surface area contributed by atoms with Gasteiger partial charge in [0.15, 0.2) is 0 Å². The highest BCUT2D eigenvalue weighted by molar-refractivity contribution is 5.86. The summed E-state index contributed by atoms with van der Waals surface area (Å²) in [5.41, 5.74) is 6.42. The smallest absolute Gasteiger partial charge is 0.119 e. The van der Waals surface area contributed by atoms with Gasteiger partial charge in [-0.25, -0.2) is 0 Å². The molecule has 0 fully saturated rings. The van der Waals surface area contributed by atoms with Crippen LogP contribution in [0.25, 0.3) is 0 Å². The number of fused-ring (bicyclic) bond motifs is 1. The standard InChI is InChI=1S/C23H30N2O/c1-7-25-22-12-16(2)18(13-21(22)17(3)14-23(25,4)5)15-24-19-8-10-20(26-6)11-9-19/h8-13,15,17H,7,14H2,1-6H3/t17-/m1/s1. The number of aliphatic imine (C=N–C) groups is 1. The lowest BCUT2D eigenvalue weighted by Gasteiger charge is -2.47. The van der Waals surface area contributed by atoms with Crippen LogP contribution in [0.15, 0.2) is 41.4 Å². The average Bonchev–Trinajstić information content (AvgIpc) is 2.60. The summed E-state index contributed by atoms with van der Waals surface area (Å²) in [6.07, 6.45) is 3.16. The van der Waals surface area contributed by atoms with Crippen molar-refractivity contribution in [2.24, 2.45) is 4.99 Å². The van der Waals surface area contributed by atoms with Gasteiger partial charge in [-0.1, -0.05) is 6.92 Å².